The fraction of sp³-hybridized carbons (Fsp3) is 0.273. The lowest BCUT2D eigenvalue weighted by Gasteiger charge is -2.36. The van der Waals surface area contributed by atoms with Gasteiger partial charge in [-0.2, -0.15) is 0 Å². The summed E-state index contributed by atoms with van der Waals surface area (Å²) in [6.45, 7) is 0.887. The SMILES string of the molecule is COc1ccc(-c2csc(NC(=O)C3(c4ccc(F)cc4)CCOCC3)n2)cc1F. The van der Waals surface area contributed by atoms with Crippen LogP contribution in [0.5, 0.6) is 5.75 Å². The summed E-state index contributed by atoms with van der Waals surface area (Å²) in [4.78, 5) is 17.7. The number of carbonyl (C=O) groups excluding carboxylic acids is 1. The first-order chi connectivity index (χ1) is 14.5. The molecule has 156 valence electrons. The molecule has 5 nitrogen and oxygen atoms in total. The highest BCUT2D eigenvalue weighted by molar-refractivity contribution is 7.14. The minimum Gasteiger partial charge on any atom is -0.494 e. The largest absolute Gasteiger partial charge is 0.494 e. The standard InChI is InChI=1S/C22H20F2N2O3S/c1-28-19-7-2-14(12-17(19)24)18-13-30-21(25-18)26-20(27)22(8-10-29-11-9-22)15-3-5-16(23)6-4-15/h2-7,12-13H,8-11H2,1H3,(H,25,26,27). The van der Waals surface area contributed by atoms with Crippen molar-refractivity contribution in [2.24, 2.45) is 0 Å². The van der Waals surface area contributed by atoms with E-state index in [0.29, 0.717) is 42.4 Å². The minimum absolute atomic E-state index is 0.156. The zero-order valence-electron chi connectivity index (χ0n) is 16.3. The van der Waals surface area contributed by atoms with Gasteiger partial charge in [-0.3, -0.25) is 4.79 Å². The average molecular weight is 430 g/mol. The molecular weight excluding hydrogens is 410 g/mol. The number of thiazole rings is 1. The van der Waals surface area contributed by atoms with Gasteiger partial charge in [-0.1, -0.05) is 12.1 Å². The number of rotatable bonds is 5. The predicted octanol–water partition coefficient (Wildman–Crippen LogP) is 4.78. The Kier molecular flexibility index (Phi) is 5.78. The number of hydrogen-bond acceptors (Lipinski definition) is 5. The van der Waals surface area contributed by atoms with Crippen molar-refractivity contribution in [1.82, 2.24) is 4.98 Å². The first-order valence-corrected chi connectivity index (χ1v) is 10.3. The Balaban J connectivity index is 1.58. The fourth-order valence-corrected chi connectivity index (χ4v) is 4.36. The number of hydrogen-bond donors (Lipinski definition) is 1. The third kappa shape index (κ3) is 3.93. The Morgan fingerprint density at radius 1 is 1.17 bits per heavy atom. The summed E-state index contributed by atoms with van der Waals surface area (Å²) in [5.41, 5.74) is 1.08. The van der Waals surface area contributed by atoms with Crippen LogP contribution in [0.1, 0.15) is 18.4 Å². The van der Waals surface area contributed by atoms with E-state index in [4.69, 9.17) is 9.47 Å². The lowest BCUT2D eigenvalue weighted by molar-refractivity contribution is -0.125. The zero-order chi connectivity index (χ0) is 21.1. The van der Waals surface area contributed by atoms with Crippen LogP contribution in [-0.4, -0.2) is 31.2 Å². The van der Waals surface area contributed by atoms with Crippen LogP contribution < -0.4 is 10.1 Å². The molecule has 4 rings (SSSR count). The molecule has 0 radical (unpaired) electrons. The molecular formula is C22H20F2N2O3S. The summed E-state index contributed by atoms with van der Waals surface area (Å²) in [7, 11) is 1.40. The van der Waals surface area contributed by atoms with Gasteiger partial charge in [0.05, 0.1) is 18.2 Å². The number of benzene rings is 2. The summed E-state index contributed by atoms with van der Waals surface area (Å²) in [6.07, 6.45) is 0.985. The lowest BCUT2D eigenvalue weighted by atomic mass is 9.73. The second kappa shape index (κ2) is 8.49. The van der Waals surface area contributed by atoms with Crippen LogP contribution in [0.2, 0.25) is 0 Å². The molecule has 0 spiro atoms. The maximum Gasteiger partial charge on any atom is 0.236 e. The molecule has 1 N–H and O–H groups in total. The van der Waals surface area contributed by atoms with Gasteiger partial charge in [0, 0.05) is 24.2 Å². The highest BCUT2D eigenvalue weighted by atomic mass is 32.1. The van der Waals surface area contributed by atoms with Crippen molar-refractivity contribution in [3.05, 3.63) is 65.0 Å². The van der Waals surface area contributed by atoms with Crippen LogP contribution in [0.25, 0.3) is 11.3 Å². The number of amides is 1. The van der Waals surface area contributed by atoms with Crippen molar-refractivity contribution in [2.45, 2.75) is 18.3 Å². The minimum atomic E-state index is -0.815. The van der Waals surface area contributed by atoms with E-state index in [1.165, 1.54) is 42.7 Å². The number of nitrogens with one attached hydrogen (secondary N) is 1. The predicted molar refractivity (Wildman–Crippen MR) is 111 cm³/mol. The molecule has 8 heteroatoms. The van der Waals surface area contributed by atoms with Gasteiger partial charge >= 0.3 is 0 Å². The van der Waals surface area contributed by atoms with Crippen LogP contribution in [0.15, 0.2) is 47.8 Å². The molecule has 1 fully saturated rings. The summed E-state index contributed by atoms with van der Waals surface area (Å²) >= 11 is 1.26. The fourth-order valence-electron chi connectivity index (χ4n) is 3.64. The van der Waals surface area contributed by atoms with Gasteiger partial charge in [-0.15, -0.1) is 11.3 Å². The van der Waals surface area contributed by atoms with Crippen LogP contribution in [0.4, 0.5) is 13.9 Å². The second-order valence-electron chi connectivity index (χ2n) is 7.04. The van der Waals surface area contributed by atoms with E-state index in [0.717, 1.165) is 5.56 Å². The van der Waals surface area contributed by atoms with Gasteiger partial charge in [-0.25, -0.2) is 13.8 Å². The summed E-state index contributed by atoms with van der Waals surface area (Å²) in [5.74, 6) is -0.883. The van der Waals surface area contributed by atoms with E-state index in [1.54, 1.807) is 23.6 Å². The molecule has 0 aliphatic carbocycles. The molecule has 1 aliphatic heterocycles. The van der Waals surface area contributed by atoms with Crippen LogP contribution in [0.3, 0.4) is 0 Å². The zero-order valence-corrected chi connectivity index (χ0v) is 17.1. The third-order valence-corrected chi connectivity index (χ3v) is 6.11. The van der Waals surface area contributed by atoms with Crippen molar-refractivity contribution in [1.29, 1.82) is 0 Å². The molecule has 1 saturated heterocycles. The maximum atomic E-state index is 14.0. The first-order valence-electron chi connectivity index (χ1n) is 9.46. The summed E-state index contributed by atoms with van der Waals surface area (Å²) in [6, 6.07) is 10.6. The maximum absolute atomic E-state index is 14.0. The molecule has 3 aromatic rings. The van der Waals surface area contributed by atoms with E-state index >= 15 is 0 Å². The molecule has 1 aliphatic rings. The topological polar surface area (TPSA) is 60.5 Å². The highest BCUT2D eigenvalue weighted by Crippen LogP contribution is 2.37. The van der Waals surface area contributed by atoms with Crippen LogP contribution in [0, 0.1) is 11.6 Å². The van der Waals surface area contributed by atoms with Gasteiger partial charge < -0.3 is 14.8 Å². The lowest BCUT2D eigenvalue weighted by Crippen LogP contribution is -2.44. The first kappa shape index (κ1) is 20.4. The number of halogens is 2. The molecule has 0 saturated carbocycles. The second-order valence-corrected chi connectivity index (χ2v) is 7.90. The Morgan fingerprint density at radius 2 is 1.90 bits per heavy atom. The molecule has 30 heavy (non-hydrogen) atoms. The van der Waals surface area contributed by atoms with Gasteiger partial charge in [0.2, 0.25) is 5.91 Å². The van der Waals surface area contributed by atoms with E-state index < -0.39 is 11.2 Å². The molecule has 0 unspecified atom stereocenters. The van der Waals surface area contributed by atoms with Crippen molar-refractivity contribution < 1.29 is 23.0 Å². The number of ether oxygens (including phenoxy) is 2. The van der Waals surface area contributed by atoms with Gasteiger partial charge in [-0.05, 0) is 48.7 Å². The number of aromatic nitrogens is 1. The Morgan fingerprint density at radius 3 is 2.57 bits per heavy atom. The van der Waals surface area contributed by atoms with E-state index in [9.17, 15) is 13.6 Å². The molecule has 0 atom stereocenters. The number of methoxy groups -OCH3 is 1. The summed E-state index contributed by atoms with van der Waals surface area (Å²) in [5, 5.41) is 5.06. The average Bonchev–Trinajstić information content (AvgIpc) is 3.23. The Hall–Kier alpha value is -2.84. The molecule has 1 aromatic heterocycles. The van der Waals surface area contributed by atoms with Gasteiger partial charge in [0.1, 0.15) is 5.82 Å². The highest BCUT2D eigenvalue weighted by Gasteiger charge is 2.42. The summed E-state index contributed by atoms with van der Waals surface area (Å²) < 4.78 is 37.8. The molecule has 1 amide bonds. The Bertz CT molecular complexity index is 1050. The normalized spacial score (nSPS) is 15.6. The van der Waals surface area contributed by atoms with Crippen LogP contribution >= 0.6 is 11.3 Å². The quantitative estimate of drug-likeness (QED) is 0.633. The monoisotopic (exact) mass is 430 g/mol. The number of anilines is 1. The number of carbonyl (C=O) groups is 1. The Labute approximate surface area is 176 Å². The van der Waals surface area contributed by atoms with Crippen molar-refractivity contribution >= 4 is 22.4 Å². The van der Waals surface area contributed by atoms with Crippen molar-refractivity contribution in [3.63, 3.8) is 0 Å². The molecule has 0 bridgehead atoms. The van der Waals surface area contributed by atoms with Gasteiger partial charge in [0.25, 0.3) is 0 Å². The van der Waals surface area contributed by atoms with E-state index in [1.807, 2.05) is 0 Å². The van der Waals surface area contributed by atoms with Gasteiger partial charge in [0.15, 0.2) is 16.7 Å². The third-order valence-electron chi connectivity index (χ3n) is 5.35. The van der Waals surface area contributed by atoms with Crippen LogP contribution in [-0.2, 0) is 14.9 Å². The van der Waals surface area contributed by atoms with Crippen molar-refractivity contribution in [3.8, 4) is 17.0 Å². The molecule has 2 heterocycles. The van der Waals surface area contributed by atoms with E-state index in [2.05, 4.69) is 10.3 Å². The van der Waals surface area contributed by atoms with Crippen molar-refractivity contribution in [2.75, 3.05) is 25.6 Å². The molecule has 2 aromatic carbocycles. The van der Waals surface area contributed by atoms with E-state index in [-0.39, 0.29) is 17.5 Å². The smallest absolute Gasteiger partial charge is 0.236 e. The number of nitrogens with zero attached hydrogens (tertiary/aromatic N) is 1.